The summed E-state index contributed by atoms with van der Waals surface area (Å²) in [5.41, 5.74) is 21.7. The zero-order chi connectivity index (χ0) is 53.7. The third-order valence-electron chi connectivity index (χ3n) is 16.0. The van der Waals surface area contributed by atoms with E-state index < -0.39 is 5.41 Å². The number of hydrogen-bond donors (Lipinski definition) is 0. The third kappa shape index (κ3) is 9.14. The van der Waals surface area contributed by atoms with Crippen molar-refractivity contribution in [3.63, 3.8) is 0 Å². The summed E-state index contributed by atoms with van der Waals surface area (Å²) in [5.74, 6) is 3.54. The summed E-state index contributed by atoms with van der Waals surface area (Å²) < 4.78 is 0. The molecule has 382 valence electrons. The first-order valence-corrected chi connectivity index (χ1v) is 27.5. The number of rotatable bonds is 3. The van der Waals surface area contributed by atoms with Crippen LogP contribution < -0.4 is 0 Å². The molecule has 10 heterocycles. The molecule has 0 spiro atoms. The average Bonchev–Trinajstić information content (AvgIpc) is 3.71. The van der Waals surface area contributed by atoms with E-state index in [1.165, 1.54) is 50.1 Å². The second-order valence-electron chi connectivity index (χ2n) is 21.3. The number of nitrogens with zero attached hydrogens (tertiary/aromatic N) is 8. The summed E-state index contributed by atoms with van der Waals surface area (Å²) in [5, 5.41) is 0. The van der Waals surface area contributed by atoms with Gasteiger partial charge in [0.05, 0.1) is 11.4 Å². The van der Waals surface area contributed by atoms with E-state index in [4.69, 9.17) is 39.9 Å². The van der Waals surface area contributed by atoms with E-state index in [0.717, 1.165) is 86.3 Å². The summed E-state index contributed by atoms with van der Waals surface area (Å²) in [6.07, 6.45) is 6.89. The first-order chi connectivity index (χ1) is 39.3. The highest BCUT2D eigenvalue weighted by atomic mass is 15.0. The van der Waals surface area contributed by atoms with E-state index in [0.29, 0.717) is 41.4 Å². The van der Waals surface area contributed by atoms with Crippen molar-refractivity contribution in [1.29, 1.82) is 0 Å². The fraction of sp³-hybridized carbons (Fsp3) is 0.111. The van der Waals surface area contributed by atoms with Gasteiger partial charge in [-0.05, 0) is 132 Å². The van der Waals surface area contributed by atoms with Gasteiger partial charge in [-0.1, -0.05) is 188 Å². The van der Waals surface area contributed by atoms with E-state index in [9.17, 15) is 0 Å². The summed E-state index contributed by atoms with van der Waals surface area (Å²) in [6.45, 7) is 6.79. The normalized spacial score (nSPS) is 14.1. The fourth-order valence-electron chi connectivity index (χ4n) is 12.0. The van der Waals surface area contributed by atoms with Gasteiger partial charge in [-0.2, -0.15) is 0 Å². The van der Waals surface area contributed by atoms with Crippen LogP contribution in [0.4, 0.5) is 0 Å². The van der Waals surface area contributed by atoms with Gasteiger partial charge in [0.25, 0.3) is 0 Å². The first-order valence-electron chi connectivity index (χ1n) is 27.5. The Hall–Kier alpha value is -9.92. The fourth-order valence-corrected chi connectivity index (χ4v) is 12.0. The molecular weight excluding hydrogens is 977 g/mol. The van der Waals surface area contributed by atoms with Gasteiger partial charge in [-0.3, -0.25) is 9.97 Å². The lowest BCUT2D eigenvalue weighted by molar-refractivity contribution is 0.494. The van der Waals surface area contributed by atoms with Crippen molar-refractivity contribution in [1.82, 2.24) is 39.9 Å². The Kier molecular flexibility index (Phi) is 12.2. The van der Waals surface area contributed by atoms with Crippen molar-refractivity contribution in [2.45, 2.75) is 51.9 Å². The molecule has 0 aliphatic carbocycles. The molecule has 0 amide bonds. The second kappa shape index (κ2) is 20.1. The molecule has 6 aliphatic rings. The first kappa shape index (κ1) is 48.5. The van der Waals surface area contributed by atoms with Crippen molar-refractivity contribution in [3.8, 4) is 113 Å². The van der Waals surface area contributed by atoms with Crippen molar-refractivity contribution < 1.29 is 0 Å². The minimum absolute atomic E-state index is 0.508. The molecule has 0 saturated heterocycles. The van der Waals surface area contributed by atoms with Crippen LogP contribution >= 0.6 is 0 Å². The van der Waals surface area contributed by atoms with Crippen LogP contribution in [0.25, 0.3) is 113 Å². The van der Waals surface area contributed by atoms with Crippen molar-refractivity contribution >= 4 is 0 Å². The molecule has 1 atom stereocenters. The molecule has 8 heteroatoms. The predicted molar refractivity (Wildman–Crippen MR) is 321 cm³/mol. The van der Waals surface area contributed by atoms with E-state index in [1.807, 2.05) is 42.7 Å². The van der Waals surface area contributed by atoms with Gasteiger partial charge in [0.15, 0.2) is 34.9 Å². The van der Waals surface area contributed by atoms with E-state index in [1.54, 1.807) is 0 Å². The lowest BCUT2D eigenvalue weighted by atomic mass is 9.64. The number of aromatic nitrogens is 8. The molecule has 4 aromatic heterocycles. The standard InChI is InChI=1S/C72H54N8/c1-4-72(60-37-45(2)36-46(3)38-60)42-49-14-10-19-57(41-49)69-77-68-56-18-9-13-48(40-56)23-22-47-12-8-17-55(39-47)67-75-66(54-15-6-5-7-16-54)76-70(78-67)58-32-34-63(73-43-58)52-28-24-50(25-29-52)61-20-11-21-62(65(61)72)51-26-30-53(31-27-51)64-35-33-59(44-74-64)71(79-68)80-69/h5-21,24-41,43-44H,4,22-23,42H2,1-3H3. The maximum absolute atomic E-state index is 5.33. The molecule has 0 fully saturated rings. The maximum atomic E-state index is 5.33. The number of fused-ring (bicyclic) bond motifs is 4. The summed E-state index contributed by atoms with van der Waals surface area (Å²) >= 11 is 0. The Labute approximate surface area is 466 Å². The van der Waals surface area contributed by atoms with Crippen LogP contribution in [0.1, 0.15) is 52.3 Å². The Bertz CT molecular complexity index is 4290. The smallest absolute Gasteiger partial charge is 0.165 e. The van der Waals surface area contributed by atoms with Crippen LogP contribution in [0.5, 0.6) is 0 Å². The van der Waals surface area contributed by atoms with Crippen LogP contribution in [-0.2, 0) is 24.7 Å². The monoisotopic (exact) mass is 1030 g/mol. The van der Waals surface area contributed by atoms with E-state index in [2.05, 4.69) is 203 Å². The number of aryl methyl sites for hydroxylation is 4. The number of benzene rings is 8. The molecule has 6 aliphatic heterocycles. The highest BCUT2D eigenvalue weighted by Crippen LogP contribution is 2.49. The topological polar surface area (TPSA) is 103 Å². The minimum Gasteiger partial charge on any atom is -0.255 e. The summed E-state index contributed by atoms with van der Waals surface area (Å²) in [6, 6.07) is 76.2. The highest BCUT2D eigenvalue weighted by Gasteiger charge is 2.38. The molecule has 0 N–H and O–H groups in total. The quantitative estimate of drug-likeness (QED) is 0.172. The predicted octanol–water partition coefficient (Wildman–Crippen LogP) is 16.5. The van der Waals surface area contributed by atoms with Gasteiger partial charge in [-0.25, -0.2) is 29.9 Å². The lowest BCUT2D eigenvalue weighted by Crippen LogP contribution is -2.32. The van der Waals surface area contributed by atoms with Crippen molar-refractivity contribution in [3.05, 3.63) is 264 Å². The zero-order valence-corrected chi connectivity index (χ0v) is 44.8. The molecule has 12 aromatic rings. The van der Waals surface area contributed by atoms with E-state index >= 15 is 0 Å². The van der Waals surface area contributed by atoms with Gasteiger partial charge < -0.3 is 0 Å². The molecule has 0 radical (unpaired) electrons. The minimum atomic E-state index is -0.508. The maximum Gasteiger partial charge on any atom is 0.165 e. The Morgan fingerprint density at radius 2 is 0.725 bits per heavy atom. The highest BCUT2D eigenvalue weighted by molar-refractivity contribution is 5.84. The van der Waals surface area contributed by atoms with Crippen molar-refractivity contribution in [2.75, 3.05) is 0 Å². The van der Waals surface area contributed by atoms with Crippen LogP contribution in [0.2, 0.25) is 0 Å². The summed E-state index contributed by atoms with van der Waals surface area (Å²) in [4.78, 5) is 41.2. The number of pyridine rings is 2. The molecular formula is C72H54N8. The lowest BCUT2D eigenvalue weighted by Gasteiger charge is -2.39. The SMILES string of the molecule is CCC1(c2cc(C)cc(C)c2)Cc2cccc(c2)-c2nc3nc(n2)-c2cccc(c2)CCc2cccc(c2)-c2nc(-c4ccccc4)nc(n2)-c2ccc(nc2)-c2ccc(cc2)-c2cccc(c21)-c1ccc(cc1)-c1ccc-3cn1. The van der Waals surface area contributed by atoms with Gasteiger partial charge in [0.2, 0.25) is 0 Å². The Morgan fingerprint density at radius 1 is 0.338 bits per heavy atom. The molecule has 0 saturated carbocycles. The number of hydrogen-bond acceptors (Lipinski definition) is 8. The average molecular weight is 1030 g/mol. The van der Waals surface area contributed by atoms with Crippen LogP contribution in [-0.4, -0.2) is 39.9 Å². The molecule has 1 unspecified atom stereocenters. The van der Waals surface area contributed by atoms with Crippen LogP contribution in [0.3, 0.4) is 0 Å². The van der Waals surface area contributed by atoms with E-state index in [-0.39, 0.29) is 0 Å². The van der Waals surface area contributed by atoms with Crippen LogP contribution in [0, 0.1) is 13.8 Å². The molecule has 18 rings (SSSR count). The molecule has 20 bridgehead atoms. The molecule has 80 heavy (non-hydrogen) atoms. The Balaban J connectivity index is 1.01. The van der Waals surface area contributed by atoms with Gasteiger partial charge >= 0.3 is 0 Å². The Morgan fingerprint density at radius 3 is 1.18 bits per heavy atom. The summed E-state index contributed by atoms with van der Waals surface area (Å²) in [7, 11) is 0. The largest absolute Gasteiger partial charge is 0.255 e. The van der Waals surface area contributed by atoms with Crippen LogP contribution in [0.15, 0.2) is 225 Å². The van der Waals surface area contributed by atoms with Gasteiger partial charge in [0.1, 0.15) is 0 Å². The molecule has 8 aromatic carbocycles. The zero-order valence-electron chi connectivity index (χ0n) is 44.8. The third-order valence-corrected chi connectivity index (χ3v) is 16.0. The van der Waals surface area contributed by atoms with Gasteiger partial charge in [-0.15, -0.1) is 0 Å². The molecule has 8 nitrogen and oxygen atoms in total. The second-order valence-corrected chi connectivity index (χ2v) is 21.3. The van der Waals surface area contributed by atoms with Crippen molar-refractivity contribution in [2.24, 2.45) is 0 Å². The van der Waals surface area contributed by atoms with Gasteiger partial charge in [0, 0.05) is 62.3 Å².